The number of fused-ring (bicyclic) bond motifs is 1. The Bertz CT molecular complexity index is 655. The molecular formula is C16H16ClNS2. The van der Waals surface area contributed by atoms with Crippen LogP contribution in [0.2, 0.25) is 5.02 Å². The van der Waals surface area contributed by atoms with Crippen LogP contribution in [0.25, 0.3) is 9.40 Å². The average molecular weight is 322 g/mol. The second-order valence-electron chi connectivity index (χ2n) is 4.74. The Morgan fingerprint density at radius 1 is 1.15 bits per heavy atom. The number of nitrogens with one attached hydrogen (secondary N) is 1. The number of likely N-dealkylation sites (N-methyl/N-ethyl adjacent to an activating group) is 1. The summed E-state index contributed by atoms with van der Waals surface area (Å²) >= 11 is 9.67. The van der Waals surface area contributed by atoms with Gasteiger partial charge in [0.15, 0.2) is 0 Å². The van der Waals surface area contributed by atoms with Crippen molar-refractivity contribution in [2.24, 2.45) is 0 Å². The van der Waals surface area contributed by atoms with Crippen LogP contribution in [0.3, 0.4) is 0 Å². The van der Waals surface area contributed by atoms with E-state index >= 15 is 0 Å². The largest absolute Gasteiger partial charge is 0.309 e. The third kappa shape index (κ3) is 3.07. The predicted octanol–water partition coefficient (Wildman–Crippen LogP) is 5.51. The molecule has 1 nitrogen and oxygen atoms in total. The van der Waals surface area contributed by atoms with E-state index in [9.17, 15) is 0 Å². The quantitative estimate of drug-likeness (QED) is 0.653. The van der Waals surface area contributed by atoms with E-state index in [2.05, 4.69) is 41.9 Å². The van der Waals surface area contributed by atoms with Gasteiger partial charge in [-0.1, -0.05) is 30.7 Å². The highest BCUT2D eigenvalue weighted by Gasteiger charge is 2.14. The van der Waals surface area contributed by atoms with Gasteiger partial charge in [-0.25, -0.2) is 0 Å². The van der Waals surface area contributed by atoms with Crippen LogP contribution in [0.1, 0.15) is 23.4 Å². The van der Waals surface area contributed by atoms with Crippen LogP contribution in [-0.4, -0.2) is 6.54 Å². The summed E-state index contributed by atoms with van der Waals surface area (Å²) < 4.78 is 2.79. The SMILES string of the molecule is CCNC(Cc1ccc(Cl)cc1)c1cc2sccc2s1. The van der Waals surface area contributed by atoms with Gasteiger partial charge in [-0.15, -0.1) is 22.7 Å². The zero-order chi connectivity index (χ0) is 13.9. The molecule has 0 aliphatic rings. The normalized spacial score (nSPS) is 12.9. The molecule has 0 saturated heterocycles. The maximum atomic E-state index is 5.95. The standard InChI is InChI=1S/C16H16ClNS2/c1-2-18-13(9-11-3-5-12(17)6-4-11)15-10-16-14(20-15)7-8-19-16/h3-8,10,13,18H,2,9H2,1H3. The van der Waals surface area contributed by atoms with Crippen LogP contribution in [0.4, 0.5) is 0 Å². The minimum absolute atomic E-state index is 0.380. The van der Waals surface area contributed by atoms with Crippen LogP contribution in [-0.2, 0) is 6.42 Å². The van der Waals surface area contributed by atoms with Gasteiger partial charge in [0.1, 0.15) is 0 Å². The van der Waals surface area contributed by atoms with E-state index in [0.717, 1.165) is 18.0 Å². The summed E-state index contributed by atoms with van der Waals surface area (Å²) in [5.74, 6) is 0. The van der Waals surface area contributed by atoms with Gasteiger partial charge in [-0.3, -0.25) is 0 Å². The molecule has 0 saturated carbocycles. The van der Waals surface area contributed by atoms with Crippen molar-refractivity contribution in [3.63, 3.8) is 0 Å². The Labute approximate surface area is 132 Å². The first-order valence-corrected chi connectivity index (χ1v) is 8.78. The van der Waals surface area contributed by atoms with Crippen molar-refractivity contribution in [3.05, 3.63) is 57.2 Å². The van der Waals surface area contributed by atoms with Crippen LogP contribution in [0, 0.1) is 0 Å². The lowest BCUT2D eigenvalue weighted by molar-refractivity contribution is 0.558. The van der Waals surface area contributed by atoms with E-state index in [-0.39, 0.29) is 0 Å². The Morgan fingerprint density at radius 3 is 2.65 bits per heavy atom. The van der Waals surface area contributed by atoms with Gasteiger partial charge < -0.3 is 5.32 Å². The van der Waals surface area contributed by atoms with Crippen molar-refractivity contribution in [2.75, 3.05) is 6.54 Å². The second kappa shape index (κ2) is 6.27. The second-order valence-corrected chi connectivity index (χ2v) is 7.24. The van der Waals surface area contributed by atoms with Gasteiger partial charge in [0.25, 0.3) is 0 Å². The van der Waals surface area contributed by atoms with Crippen LogP contribution in [0.15, 0.2) is 41.8 Å². The number of hydrogen-bond donors (Lipinski definition) is 1. The highest BCUT2D eigenvalue weighted by molar-refractivity contribution is 7.26. The number of hydrogen-bond acceptors (Lipinski definition) is 3. The smallest absolute Gasteiger partial charge is 0.0456 e. The molecule has 2 aromatic heterocycles. The van der Waals surface area contributed by atoms with E-state index in [1.54, 1.807) is 0 Å². The number of benzene rings is 1. The summed E-state index contributed by atoms with van der Waals surface area (Å²) in [7, 11) is 0. The average Bonchev–Trinajstić information content (AvgIpc) is 3.01. The van der Waals surface area contributed by atoms with E-state index in [4.69, 9.17) is 11.6 Å². The summed E-state index contributed by atoms with van der Waals surface area (Å²) in [6.07, 6.45) is 0.999. The number of rotatable bonds is 5. The first-order chi connectivity index (χ1) is 9.76. The number of halogens is 1. The molecule has 0 aliphatic carbocycles. The van der Waals surface area contributed by atoms with E-state index in [1.807, 2.05) is 34.8 Å². The fourth-order valence-electron chi connectivity index (χ4n) is 2.33. The van der Waals surface area contributed by atoms with Crippen molar-refractivity contribution in [1.29, 1.82) is 0 Å². The summed E-state index contributed by atoms with van der Waals surface area (Å²) in [5.41, 5.74) is 1.32. The molecule has 1 N–H and O–H groups in total. The predicted molar refractivity (Wildman–Crippen MR) is 91.3 cm³/mol. The Balaban J connectivity index is 1.84. The Morgan fingerprint density at radius 2 is 1.95 bits per heavy atom. The summed E-state index contributed by atoms with van der Waals surface area (Å²) in [4.78, 5) is 1.42. The molecule has 4 heteroatoms. The van der Waals surface area contributed by atoms with Crippen LogP contribution < -0.4 is 5.32 Å². The van der Waals surface area contributed by atoms with Crippen molar-refractivity contribution in [3.8, 4) is 0 Å². The third-order valence-electron chi connectivity index (χ3n) is 3.31. The zero-order valence-electron chi connectivity index (χ0n) is 11.2. The maximum Gasteiger partial charge on any atom is 0.0456 e. The Kier molecular flexibility index (Phi) is 4.41. The number of thiophene rings is 2. The first-order valence-electron chi connectivity index (χ1n) is 6.71. The van der Waals surface area contributed by atoms with Gasteiger partial charge in [0, 0.05) is 25.3 Å². The summed E-state index contributed by atoms with van der Waals surface area (Å²) in [5, 5.41) is 6.55. The Hall–Kier alpha value is -0.870. The topological polar surface area (TPSA) is 12.0 Å². The molecule has 2 heterocycles. The molecule has 0 aliphatic heterocycles. The molecule has 1 atom stereocenters. The van der Waals surface area contributed by atoms with Crippen LogP contribution in [0.5, 0.6) is 0 Å². The molecule has 104 valence electrons. The lowest BCUT2D eigenvalue weighted by Gasteiger charge is -2.16. The fourth-order valence-corrected chi connectivity index (χ4v) is 4.65. The van der Waals surface area contributed by atoms with E-state index in [1.165, 1.54) is 19.8 Å². The molecule has 20 heavy (non-hydrogen) atoms. The van der Waals surface area contributed by atoms with Crippen LogP contribution >= 0.6 is 34.3 Å². The molecule has 1 unspecified atom stereocenters. The molecule has 3 rings (SSSR count). The molecular weight excluding hydrogens is 306 g/mol. The van der Waals surface area contributed by atoms with Gasteiger partial charge in [-0.2, -0.15) is 0 Å². The summed E-state index contributed by atoms with van der Waals surface area (Å²) in [6, 6.07) is 13.1. The molecule has 0 radical (unpaired) electrons. The monoisotopic (exact) mass is 321 g/mol. The molecule has 0 fully saturated rings. The molecule has 0 bridgehead atoms. The van der Waals surface area contributed by atoms with Crippen molar-refractivity contribution < 1.29 is 0 Å². The lowest BCUT2D eigenvalue weighted by Crippen LogP contribution is -2.22. The third-order valence-corrected chi connectivity index (χ3v) is 5.76. The van der Waals surface area contributed by atoms with Gasteiger partial charge >= 0.3 is 0 Å². The molecule has 0 amide bonds. The molecule has 3 aromatic rings. The lowest BCUT2D eigenvalue weighted by atomic mass is 10.0. The van der Waals surface area contributed by atoms with Gasteiger partial charge in [-0.05, 0) is 48.2 Å². The van der Waals surface area contributed by atoms with Crippen molar-refractivity contribution in [1.82, 2.24) is 5.32 Å². The maximum absolute atomic E-state index is 5.95. The highest BCUT2D eigenvalue weighted by Crippen LogP contribution is 2.34. The van der Waals surface area contributed by atoms with Crippen molar-refractivity contribution >= 4 is 43.7 Å². The highest BCUT2D eigenvalue weighted by atomic mass is 35.5. The van der Waals surface area contributed by atoms with Crippen molar-refractivity contribution in [2.45, 2.75) is 19.4 Å². The summed E-state index contributed by atoms with van der Waals surface area (Å²) in [6.45, 7) is 3.13. The molecule has 1 aromatic carbocycles. The zero-order valence-corrected chi connectivity index (χ0v) is 13.6. The van der Waals surface area contributed by atoms with Gasteiger partial charge in [0.05, 0.1) is 0 Å². The van der Waals surface area contributed by atoms with Gasteiger partial charge in [0.2, 0.25) is 0 Å². The first kappa shape index (κ1) is 14.1. The van der Waals surface area contributed by atoms with E-state index < -0.39 is 0 Å². The minimum Gasteiger partial charge on any atom is -0.309 e. The van der Waals surface area contributed by atoms with E-state index in [0.29, 0.717) is 6.04 Å². The fraction of sp³-hybridized carbons (Fsp3) is 0.250. The molecule has 0 spiro atoms. The minimum atomic E-state index is 0.380.